The van der Waals surface area contributed by atoms with Gasteiger partial charge in [-0.1, -0.05) is 19.8 Å². The van der Waals surface area contributed by atoms with Gasteiger partial charge >= 0.3 is 0 Å². The maximum atomic E-state index is 4.74. The molecule has 3 aromatic heterocycles. The van der Waals surface area contributed by atoms with E-state index < -0.39 is 0 Å². The third kappa shape index (κ3) is 4.50. The summed E-state index contributed by atoms with van der Waals surface area (Å²) in [7, 11) is 1.60. The highest BCUT2D eigenvalue weighted by Crippen LogP contribution is 2.30. The molecule has 3 heterocycles. The molecule has 0 aliphatic rings. The third-order valence-corrected chi connectivity index (χ3v) is 6.15. The van der Waals surface area contributed by atoms with Crippen molar-refractivity contribution in [1.82, 2.24) is 23.7 Å². The zero-order valence-corrected chi connectivity index (χ0v) is 19.1. The van der Waals surface area contributed by atoms with Gasteiger partial charge in [-0.2, -0.15) is 15.1 Å². The fraction of sp³-hybridized carbons (Fsp3) is 0.500. The standard InChI is InChI=1S/C18H26IN7S/c1-5-6-7-9-20-16-14-8-10-25(27-19)17(14)24-18(23-16)22-15-11-21-26(12(2)3)13(15)4/h8,10-12H,5-7,9H2,1-4H3,(H2,20,22,23,24). The van der Waals surface area contributed by atoms with Crippen LogP contribution in [0.25, 0.3) is 11.0 Å². The van der Waals surface area contributed by atoms with Gasteiger partial charge in [-0.3, -0.25) is 8.65 Å². The zero-order chi connectivity index (χ0) is 19.4. The first-order valence-corrected chi connectivity index (χ1v) is 12.6. The predicted molar refractivity (Wildman–Crippen MR) is 123 cm³/mol. The maximum Gasteiger partial charge on any atom is 0.231 e. The molecule has 0 saturated heterocycles. The number of unbranched alkanes of at least 4 members (excludes halogenated alkanes) is 2. The van der Waals surface area contributed by atoms with Crippen molar-refractivity contribution in [3.05, 3.63) is 24.2 Å². The summed E-state index contributed by atoms with van der Waals surface area (Å²) >= 11 is 2.27. The van der Waals surface area contributed by atoms with E-state index in [9.17, 15) is 0 Å². The summed E-state index contributed by atoms with van der Waals surface area (Å²) in [6.07, 6.45) is 7.41. The summed E-state index contributed by atoms with van der Waals surface area (Å²) in [5.74, 6) is 1.45. The van der Waals surface area contributed by atoms with Gasteiger partial charge in [0, 0.05) is 49.1 Å². The number of fused-ring (bicyclic) bond motifs is 1. The van der Waals surface area contributed by atoms with Crippen molar-refractivity contribution in [3.63, 3.8) is 0 Å². The van der Waals surface area contributed by atoms with Gasteiger partial charge in [0.15, 0.2) is 5.65 Å². The first-order chi connectivity index (χ1) is 13.0. The fourth-order valence-corrected chi connectivity index (χ4v) is 4.27. The Labute approximate surface area is 176 Å². The highest BCUT2D eigenvalue weighted by atomic mass is 127. The predicted octanol–water partition coefficient (Wildman–Crippen LogP) is 5.71. The highest BCUT2D eigenvalue weighted by molar-refractivity contribution is 14.2. The number of hydrogen-bond donors (Lipinski definition) is 2. The van der Waals surface area contributed by atoms with Crippen LogP contribution in [-0.2, 0) is 0 Å². The van der Waals surface area contributed by atoms with E-state index in [-0.39, 0.29) is 0 Å². The summed E-state index contributed by atoms with van der Waals surface area (Å²) in [5.41, 5.74) is 2.91. The van der Waals surface area contributed by atoms with Crippen molar-refractivity contribution >= 4 is 58.8 Å². The number of halogens is 1. The van der Waals surface area contributed by atoms with E-state index in [1.807, 2.05) is 21.0 Å². The molecule has 3 rings (SSSR count). The van der Waals surface area contributed by atoms with Crippen molar-refractivity contribution < 1.29 is 0 Å². The molecule has 0 amide bonds. The molecular formula is C18H26IN7S. The van der Waals surface area contributed by atoms with E-state index in [4.69, 9.17) is 9.97 Å². The normalized spacial score (nSPS) is 11.5. The Bertz CT molecular complexity index is 903. The van der Waals surface area contributed by atoms with Crippen LogP contribution in [0.5, 0.6) is 0 Å². The Balaban J connectivity index is 1.92. The molecule has 0 spiro atoms. The second-order valence-corrected chi connectivity index (χ2v) is 8.50. The number of anilines is 3. The van der Waals surface area contributed by atoms with Crippen LogP contribution in [-0.4, -0.2) is 30.3 Å². The Morgan fingerprint density at radius 3 is 2.74 bits per heavy atom. The van der Waals surface area contributed by atoms with E-state index in [0.29, 0.717) is 12.0 Å². The average Bonchev–Trinajstić information content (AvgIpc) is 3.22. The molecule has 0 radical (unpaired) electrons. The van der Waals surface area contributed by atoms with Crippen LogP contribution in [0, 0.1) is 6.92 Å². The van der Waals surface area contributed by atoms with E-state index in [1.54, 1.807) is 9.12 Å². The minimum Gasteiger partial charge on any atom is -0.369 e. The third-order valence-electron chi connectivity index (χ3n) is 4.44. The Kier molecular flexibility index (Phi) is 6.85. The van der Waals surface area contributed by atoms with Gasteiger partial charge in [0.25, 0.3) is 0 Å². The lowest BCUT2D eigenvalue weighted by Gasteiger charge is -2.12. The lowest BCUT2D eigenvalue weighted by molar-refractivity contribution is 0.519. The van der Waals surface area contributed by atoms with E-state index in [1.165, 1.54) is 12.8 Å². The molecule has 2 N–H and O–H groups in total. The van der Waals surface area contributed by atoms with Crippen molar-refractivity contribution in [2.45, 2.75) is 53.0 Å². The van der Waals surface area contributed by atoms with Crippen molar-refractivity contribution in [2.24, 2.45) is 0 Å². The van der Waals surface area contributed by atoms with Gasteiger partial charge in [-0.05, 0) is 33.3 Å². The van der Waals surface area contributed by atoms with Crippen LogP contribution in [0.4, 0.5) is 17.5 Å². The van der Waals surface area contributed by atoms with Crippen molar-refractivity contribution in [1.29, 1.82) is 0 Å². The van der Waals surface area contributed by atoms with Crippen molar-refractivity contribution in [2.75, 3.05) is 17.2 Å². The van der Waals surface area contributed by atoms with Crippen molar-refractivity contribution in [3.8, 4) is 0 Å². The van der Waals surface area contributed by atoms with Gasteiger partial charge in [0.05, 0.1) is 23.0 Å². The van der Waals surface area contributed by atoms with E-state index in [0.717, 1.165) is 41.2 Å². The zero-order valence-electron chi connectivity index (χ0n) is 16.2. The minimum absolute atomic E-state index is 0.312. The van der Waals surface area contributed by atoms with Crippen LogP contribution in [0.3, 0.4) is 0 Å². The van der Waals surface area contributed by atoms with Crippen LogP contribution in [0.15, 0.2) is 18.5 Å². The molecule has 0 unspecified atom stereocenters. The van der Waals surface area contributed by atoms with Crippen LogP contribution in [0.2, 0.25) is 0 Å². The van der Waals surface area contributed by atoms with Crippen LogP contribution < -0.4 is 10.6 Å². The summed E-state index contributed by atoms with van der Waals surface area (Å²) in [5, 5.41) is 12.3. The van der Waals surface area contributed by atoms with Gasteiger partial charge < -0.3 is 10.6 Å². The lowest BCUT2D eigenvalue weighted by Crippen LogP contribution is -2.08. The smallest absolute Gasteiger partial charge is 0.231 e. The fourth-order valence-electron chi connectivity index (χ4n) is 3.01. The van der Waals surface area contributed by atoms with E-state index in [2.05, 4.69) is 70.7 Å². The number of rotatable bonds is 9. The van der Waals surface area contributed by atoms with Gasteiger partial charge in [0.1, 0.15) is 5.82 Å². The molecule has 9 heteroatoms. The number of nitrogens with zero attached hydrogens (tertiary/aromatic N) is 5. The van der Waals surface area contributed by atoms with Crippen LogP contribution >= 0.6 is 30.3 Å². The highest BCUT2D eigenvalue weighted by Gasteiger charge is 2.14. The summed E-state index contributed by atoms with van der Waals surface area (Å²) in [4.78, 5) is 9.48. The summed E-state index contributed by atoms with van der Waals surface area (Å²) < 4.78 is 4.04. The SMILES string of the molecule is CCCCCNc1nc(Nc2cnn(C(C)C)c2C)nc2c1ccn2SI. The molecule has 146 valence electrons. The molecule has 0 aromatic carbocycles. The Morgan fingerprint density at radius 1 is 1.26 bits per heavy atom. The molecule has 0 saturated carbocycles. The number of hydrogen-bond acceptors (Lipinski definition) is 6. The molecule has 0 aliphatic heterocycles. The first-order valence-electron chi connectivity index (χ1n) is 9.28. The van der Waals surface area contributed by atoms with Gasteiger partial charge in [0.2, 0.25) is 5.95 Å². The largest absolute Gasteiger partial charge is 0.369 e. The molecule has 27 heavy (non-hydrogen) atoms. The molecule has 7 nitrogen and oxygen atoms in total. The molecule has 0 atom stereocenters. The topological polar surface area (TPSA) is 72.6 Å². The lowest BCUT2D eigenvalue weighted by atomic mass is 10.2. The van der Waals surface area contributed by atoms with Crippen LogP contribution in [0.1, 0.15) is 51.8 Å². The second kappa shape index (κ2) is 9.13. The number of aromatic nitrogens is 5. The van der Waals surface area contributed by atoms with Gasteiger partial charge in [-0.15, -0.1) is 0 Å². The number of nitrogens with one attached hydrogen (secondary N) is 2. The monoisotopic (exact) mass is 499 g/mol. The molecule has 0 fully saturated rings. The first kappa shape index (κ1) is 20.2. The quantitative estimate of drug-likeness (QED) is 0.290. The van der Waals surface area contributed by atoms with Gasteiger partial charge in [-0.25, -0.2) is 0 Å². The molecule has 3 aromatic rings. The molecule has 0 aliphatic carbocycles. The molecule has 0 bridgehead atoms. The van der Waals surface area contributed by atoms with E-state index >= 15 is 0 Å². The second-order valence-electron chi connectivity index (χ2n) is 6.78. The Hall–Kier alpha value is -1.49. The average molecular weight is 499 g/mol. The molecular weight excluding hydrogens is 473 g/mol. The summed E-state index contributed by atoms with van der Waals surface area (Å²) in [6.45, 7) is 9.42. The maximum absolute atomic E-state index is 4.74. The Morgan fingerprint density at radius 2 is 2.07 bits per heavy atom. The summed E-state index contributed by atoms with van der Waals surface area (Å²) in [6, 6.07) is 2.38. The minimum atomic E-state index is 0.312.